The molecule has 1 aliphatic heterocycles. The topological polar surface area (TPSA) is 78.0 Å². The lowest BCUT2D eigenvalue weighted by molar-refractivity contribution is 0.0520. The molecule has 1 amide bonds. The molecule has 1 fully saturated rings. The van der Waals surface area contributed by atoms with Crippen LogP contribution in [0.2, 0.25) is 10.0 Å². The Morgan fingerprint density at radius 2 is 2.14 bits per heavy atom. The smallest absolute Gasteiger partial charge is 0.410 e. The molecule has 0 radical (unpaired) electrons. The van der Waals surface area contributed by atoms with E-state index in [1.54, 1.807) is 35.4 Å². The number of amides is 1. The number of hydrogen-bond donors (Lipinski definition) is 0. The molecule has 1 atom stereocenters. The lowest BCUT2D eigenvalue weighted by Crippen LogP contribution is -2.39. The number of thioether (sulfide) groups is 1. The molecule has 0 aliphatic carbocycles. The van der Waals surface area contributed by atoms with Crippen molar-refractivity contribution in [3.63, 3.8) is 0 Å². The zero-order valence-corrected chi connectivity index (χ0v) is 18.6. The van der Waals surface area contributed by atoms with E-state index in [0.717, 1.165) is 4.34 Å². The largest absolute Gasteiger partial charge is 0.491 e. The predicted molar refractivity (Wildman–Crippen MR) is 113 cm³/mol. The minimum absolute atomic E-state index is 0.216. The fraction of sp³-hybridized carbons (Fsp3) is 0.389. The Balaban J connectivity index is 1.50. The summed E-state index contributed by atoms with van der Waals surface area (Å²) in [4.78, 5) is 29.6. The van der Waals surface area contributed by atoms with Crippen LogP contribution in [-0.4, -0.2) is 60.1 Å². The predicted octanol–water partition coefficient (Wildman–Crippen LogP) is 4.62. The van der Waals surface area contributed by atoms with Crippen molar-refractivity contribution in [2.45, 2.75) is 17.3 Å². The van der Waals surface area contributed by atoms with E-state index in [0.29, 0.717) is 40.4 Å². The van der Waals surface area contributed by atoms with Gasteiger partial charge in [-0.25, -0.2) is 14.6 Å². The van der Waals surface area contributed by atoms with Crippen molar-refractivity contribution in [1.29, 1.82) is 0 Å². The van der Waals surface area contributed by atoms with Gasteiger partial charge in [-0.3, -0.25) is 4.90 Å². The lowest BCUT2D eigenvalue weighted by atomic mass is 10.3. The van der Waals surface area contributed by atoms with Gasteiger partial charge in [0, 0.05) is 27.7 Å². The molecular weight excluding hydrogens is 459 g/mol. The van der Waals surface area contributed by atoms with E-state index in [1.807, 2.05) is 0 Å². The third kappa shape index (κ3) is 6.15. The number of thiazole rings is 1. The Hall–Kier alpha value is -1.68. The molecule has 0 spiro atoms. The first-order valence-corrected chi connectivity index (χ1v) is 11.4. The third-order valence-corrected chi connectivity index (χ3v) is 6.32. The number of rotatable bonds is 9. The summed E-state index contributed by atoms with van der Waals surface area (Å²) in [6, 6.07) is 4.73. The highest BCUT2D eigenvalue weighted by Gasteiger charge is 2.33. The monoisotopic (exact) mass is 476 g/mol. The van der Waals surface area contributed by atoms with Gasteiger partial charge >= 0.3 is 12.1 Å². The van der Waals surface area contributed by atoms with Gasteiger partial charge in [-0.15, -0.1) is 11.3 Å². The lowest BCUT2D eigenvalue weighted by Gasteiger charge is -2.21. The average molecular weight is 477 g/mol. The van der Waals surface area contributed by atoms with E-state index in [2.05, 4.69) is 4.98 Å². The molecule has 2 aromatic rings. The van der Waals surface area contributed by atoms with Crippen molar-refractivity contribution in [2.75, 3.05) is 32.1 Å². The second kappa shape index (κ2) is 10.4. The Morgan fingerprint density at radius 3 is 2.86 bits per heavy atom. The molecule has 11 heteroatoms. The zero-order valence-electron chi connectivity index (χ0n) is 15.4. The van der Waals surface area contributed by atoms with E-state index in [1.165, 1.54) is 23.1 Å². The number of ether oxygens (including phenoxy) is 3. The van der Waals surface area contributed by atoms with Crippen LogP contribution in [0.1, 0.15) is 17.4 Å². The zero-order chi connectivity index (χ0) is 20.8. The number of benzene rings is 1. The molecule has 0 N–H and O–H groups in total. The van der Waals surface area contributed by atoms with Crippen LogP contribution >= 0.6 is 46.3 Å². The highest BCUT2D eigenvalue weighted by atomic mass is 35.5. The molecule has 2 heterocycles. The van der Waals surface area contributed by atoms with Crippen LogP contribution in [0.25, 0.3) is 0 Å². The Kier molecular flexibility index (Phi) is 7.88. The number of carbonyl (C=O) groups is 2. The van der Waals surface area contributed by atoms with Gasteiger partial charge in [0.1, 0.15) is 25.0 Å². The molecule has 7 nitrogen and oxygen atoms in total. The Bertz CT molecular complexity index is 859. The summed E-state index contributed by atoms with van der Waals surface area (Å²) in [5, 5.41) is 2.62. The van der Waals surface area contributed by atoms with Gasteiger partial charge < -0.3 is 14.2 Å². The summed E-state index contributed by atoms with van der Waals surface area (Å²) in [6.45, 7) is 3.03. The van der Waals surface area contributed by atoms with E-state index < -0.39 is 5.97 Å². The van der Waals surface area contributed by atoms with Crippen molar-refractivity contribution >= 4 is 58.4 Å². The summed E-state index contributed by atoms with van der Waals surface area (Å²) in [6.07, 6.45) is -0.380. The number of cyclic esters (lactones) is 1. The van der Waals surface area contributed by atoms with Crippen LogP contribution in [0, 0.1) is 0 Å². The van der Waals surface area contributed by atoms with Gasteiger partial charge in [-0.2, -0.15) is 0 Å². The van der Waals surface area contributed by atoms with Crippen molar-refractivity contribution in [3.05, 3.63) is 39.3 Å². The fourth-order valence-electron chi connectivity index (χ4n) is 2.56. The molecule has 1 saturated heterocycles. The number of halogens is 2. The molecule has 0 bridgehead atoms. The van der Waals surface area contributed by atoms with E-state index in [4.69, 9.17) is 37.4 Å². The molecule has 1 unspecified atom stereocenters. The highest BCUT2D eigenvalue weighted by molar-refractivity contribution is 8.01. The van der Waals surface area contributed by atoms with Gasteiger partial charge in [0.2, 0.25) is 0 Å². The van der Waals surface area contributed by atoms with E-state index >= 15 is 0 Å². The maximum absolute atomic E-state index is 12.0. The molecule has 0 saturated carbocycles. The summed E-state index contributed by atoms with van der Waals surface area (Å²) in [7, 11) is 0. The Labute approximate surface area is 186 Å². The molecule has 29 heavy (non-hydrogen) atoms. The minimum atomic E-state index is -0.433. The summed E-state index contributed by atoms with van der Waals surface area (Å²) in [5.41, 5.74) is 0.298. The van der Waals surface area contributed by atoms with Gasteiger partial charge in [0.25, 0.3) is 0 Å². The highest BCUT2D eigenvalue weighted by Crippen LogP contribution is 2.26. The number of aromatic nitrogens is 1. The first-order valence-electron chi connectivity index (χ1n) is 8.74. The number of esters is 1. The van der Waals surface area contributed by atoms with Crippen LogP contribution in [0.5, 0.6) is 5.75 Å². The normalized spacial score (nSPS) is 16.0. The maximum Gasteiger partial charge on any atom is 0.410 e. The van der Waals surface area contributed by atoms with Gasteiger partial charge in [0.15, 0.2) is 10.0 Å². The quantitative estimate of drug-likeness (QED) is 0.385. The SMILES string of the molecule is CCOC(=O)c1csc(SCCN2C(=O)OCC2COc2cc(Cl)cc(Cl)c2)n1. The van der Waals surface area contributed by atoms with Crippen LogP contribution in [0.15, 0.2) is 27.9 Å². The standard InChI is InChI=1S/C18H18Cl2N2O5S2/c1-2-25-16(23)15-10-29-17(21-15)28-4-3-22-13(9-27-18(22)24)8-26-14-6-11(19)5-12(20)7-14/h5-7,10,13H,2-4,8-9H2,1H3. The number of carbonyl (C=O) groups excluding carboxylic acids is 2. The maximum atomic E-state index is 12.0. The minimum Gasteiger partial charge on any atom is -0.491 e. The van der Waals surface area contributed by atoms with Crippen LogP contribution < -0.4 is 4.74 Å². The number of nitrogens with zero attached hydrogens (tertiary/aromatic N) is 2. The molecule has 3 rings (SSSR count). The van der Waals surface area contributed by atoms with Crippen molar-refractivity contribution in [3.8, 4) is 5.75 Å². The van der Waals surface area contributed by atoms with Crippen molar-refractivity contribution in [2.24, 2.45) is 0 Å². The van der Waals surface area contributed by atoms with Crippen LogP contribution in [0.4, 0.5) is 4.79 Å². The number of hydrogen-bond acceptors (Lipinski definition) is 8. The van der Waals surface area contributed by atoms with Gasteiger partial charge in [-0.05, 0) is 25.1 Å². The first-order chi connectivity index (χ1) is 14.0. The van der Waals surface area contributed by atoms with Crippen molar-refractivity contribution in [1.82, 2.24) is 9.88 Å². The molecule has 1 aromatic heterocycles. The van der Waals surface area contributed by atoms with Gasteiger partial charge in [-0.1, -0.05) is 35.0 Å². The molecule has 1 aliphatic rings. The van der Waals surface area contributed by atoms with Crippen LogP contribution in [-0.2, 0) is 9.47 Å². The molecular formula is C18H18Cl2N2O5S2. The average Bonchev–Trinajstić information content (AvgIpc) is 3.27. The van der Waals surface area contributed by atoms with Crippen molar-refractivity contribution < 1.29 is 23.8 Å². The molecule has 156 valence electrons. The summed E-state index contributed by atoms with van der Waals surface area (Å²) >= 11 is 14.8. The fourth-order valence-corrected chi connectivity index (χ4v) is 4.87. The Morgan fingerprint density at radius 1 is 1.38 bits per heavy atom. The molecule has 1 aromatic carbocycles. The second-order valence-corrected chi connectivity index (χ2v) is 8.98. The van der Waals surface area contributed by atoms with E-state index in [9.17, 15) is 9.59 Å². The van der Waals surface area contributed by atoms with Gasteiger partial charge in [0.05, 0.1) is 6.61 Å². The summed E-state index contributed by atoms with van der Waals surface area (Å²) in [5.74, 6) is 0.701. The van der Waals surface area contributed by atoms with E-state index in [-0.39, 0.29) is 25.3 Å². The second-order valence-electron chi connectivity index (χ2n) is 5.91. The van der Waals surface area contributed by atoms with Crippen LogP contribution in [0.3, 0.4) is 0 Å². The summed E-state index contributed by atoms with van der Waals surface area (Å²) < 4.78 is 16.6. The third-order valence-electron chi connectivity index (χ3n) is 3.88. The first kappa shape index (κ1) is 22.0.